The summed E-state index contributed by atoms with van der Waals surface area (Å²) in [6.07, 6.45) is 1.55. The fraction of sp³-hybridized carbons (Fsp3) is 0.0769. The van der Waals surface area contributed by atoms with Gasteiger partial charge in [-0.2, -0.15) is 0 Å². The molecule has 0 bridgehead atoms. The molecule has 1 aromatic carbocycles. The van der Waals surface area contributed by atoms with E-state index >= 15 is 0 Å². The zero-order chi connectivity index (χ0) is 13.1. The van der Waals surface area contributed by atoms with E-state index in [0.29, 0.717) is 22.1 Å². The van der Waals surface area contributed by atoms with E-state index in [1.165, 1.54) is 4.90 Å². The Morgan fingerprint density at radius 1 is 1.33 bits per heavy atom. The predicted octanol–water partition coefficient (Wildman–Crippen LogP) is 2.59. The van der Waals surface area contributed by atoms with E-state index in [4.69, 9.17) is 17.3 Å². The zero-order valence-electron chi connectivity index (χ0n) is 9.80. The lowest BCUT2D eigenvalue weighted by Gasteiger charge is -2.17. The third-order valence-corrected chi connectivity index (χ3v) is 2.77. The number of nitrogens with zero attached hydrogens (tertiary/aromatic N) is 2. The second-order valence-corrected chi connectivity index (χ2v) is 4.25. The minimum absolute atomic E-state index is 0.149. The Bertz CT molecular complexity index is 569. The number of pyridine rings is 1. The van der Waals surface area contributed by atoms with Crippen LogP contribution in [-0.2, 0) is 0 Å². The Labute approximate surface area is 110 Å². The number of halogens is 1. The largest absolute Gasteiger partial charge is 0.384 e. The minimum Gasteiger partial charge on any atom is -0.384 e. The second-order valence-electron chi connectivity index (χ2n) is 3.82. The molecule has 0 radical (unpaired) electrons. The fourth-order valence-electron chi connectivity index (χ4n) is 1.53. The van der Waals surface area contributed by atoms with Crippen molar-refractivity contribution in [1.82, 2.24) is 4.98 Å². The summed E-state index contributed by atoms with van der Waals surface area (Å²) >= 11 is 5.86. The molecule has 0 unspecified atom stereocenters. The van der Waals surface area contributed by atoms with Gasteiger partial charge in [-0.1, -0.05) is 17.7 Å². The Morgan fingerprint density at radius 3 is 2.72 bits per heavy atom. The van der Waals surface area contributed by atoms with E-state index in [1.807, 2.05) is 0 Å². The molecule has 1 aromatic heterocycles. The molecule has 1 heterocycles. The van der Waals surface area contributed by atoms with E-state index in [9.17, 15) is 4.79 Å². The number of nitrogen functional groups attached to an aromatic ring is 1. The maximum atomic E-state index is 12.2. The number of hydrogen-bond donors (Lipinski definition) is 1. The van der Waals surface area contributed by atoms with Gasteiger partial charge in [-0.3, -0.25) is 4.79 Å². The molecule has 1 amide bonds. The van der Waals surface area contributed by atoms with Gasteiger partial charge >= 0.3 is 0 Å². The standard InChI is InChI=1S/C13H12ClN3O/c1-17(11-5-6-12(15)16-8-11)13(18)9-3-2-4-10(14)7-9/h2-8H,1H3,(H2,15,16). The number of aromatic nitrogens is 1. The van der Waals surface area contributed by atoms with Crippen LogP contribution in [0.5, 0.6) is 0 Å². The van der Waals surface area contributed by atoms with E-state index in [-0.39, 0.29) is 5.91 Å². The summed E-state index contributed by atoms with van der Waals surface area (Å²) in [5.41, 5.74) is 6.71. The van der Waals surface area contributed by atoms with E-state index < -0.39 is 0 Å². The Morgan fingerprint density at radius 2 is 2.11 bits per heavy atom. The molecule has 4 nitrogen and oxygen atoms in total. The molecule has 2 N–H and O–H groups in total. The smallest absolute Gasteiger partial charge is 0.258 e. The summed E-state index contributed by atoms with van der Waals surface area (Å²) in [7, 11) is 1.68. The number of benzene rings is 1. The highest BCUT2D eigenvalue weighted by atomic mass is 35.5. The SMILES string of the molecule is CN(C(=O)c1cccc(Cl)c1)c1ccc(N)nc1. The van der Waals surface area contributed by atoms with E-state index in [0.717, 1.165) is 0 Å². The molecule has 2 aromatic rings. The summed E-state index contributed by atoms with van der Waals surface area (Å²) in [5.74, 6) is 0.270. The molecule has 0 aliphatic carbocycles. The highest BCUT2D eigenvalue weighted by Crippen LogP contribution is 2.17. The number of rotatable bonds is 2. The quantitative estimate of drug-likeness (QED) is 0.904. The molecule has 0 saturated heterocycles. The first-order valence-corrected chi connectivity index (χ1v) is 5.71. The lowest BCUT2D eigenvalue weighted by atomic mass is 10.2. The van der Waals surface area contributed by atoms with Crippen LogP contribution in [-0.4, -0.2) is 17.9 Å². The van der Waals surface area contributed by atoms with Gasteiger partial charge in [0.2, 0.25) is 0 Å². The van der Waals surface area contributed by atoms with Gasteiger partial charge in [0, 0.05) is 17.6 Å². The van der Waals surface area contributed by atoms with E-state index in [1.54, 1.807) is 49.6 Å². The monoisotopic (exact) mass is 261 g/mol. The average Bonchev–Trinajstić information content (AvgIpc) is 2.38. The van der Waals surface area contributed by atoms with Crippen molar-refractivity contribution in [3.05, 3.63) is 53.2 Å². The number of hydrogen-bond acceptors (Lipinski definition) is 3. The molecule has 0 saturated carbocycles. The van der Waals surface area contributed by atoms with Crippen LogP contribution < -0.4 is 10.6 Å². The lowest BCUT2D eigenvalue weighted by molar-refractivity contribution is 0.0993. The van der Waals surface area contributed by atoms with Gasteiger partial charge in [-0.05, 0) is 30.3 Å². The Balaban J connectivity index is 2.26. The topological polar surface area (TPSA) is 59.2 Å². The molecule has 0 spiro atoms. The van der Waals surface area contributed by atoms with Crippen molar-refractivity contribution in [1.29, 1.82) is 0 Å². The van der Waals surface area contributed by atoms with Crippen LogP contribution in [0.2, 0.25) is 5.02 Å². The minimum atomic E-state index is -0.149. The van der Waals surface area contributed by atoms with E-state index in [2.05, 4.69) is 4.98 Å². The molecule has 0 aliphatic heterocycles. The molecule has 0 aliphatic rings. The predicted molar refractivity (Wildman–Crippen MR) is 72.8 cm³/mol. The molecule has 2 rings (SSSR count). The highest BCUT2D eigenvalue weighted by Gasteiger charge is 2.13. The molecular formula is C13H12ClN3O. The van der Waals surface area contributed by atoms with Crippen molar-refractivity contribution in [3.63, 3.8) is 0 Å². The summed E-state index contributed by atoms with van der Waals surface area (Å²) in [6, 6.07) is 10.2. The summed E-state index contributed by atoms with van der Waals surface area (Å²) < 4.78 is 0. The fourth-order valence-corrected chi connectivity index (χ4v) is 1.72. The van der Waals surface area contributed by atoms with Gasteiger partial charge in [-0.15, -0.1) is 0 Å². The van der Waals surface area contributed by atoms with Crippen LogP contribution in [0.25, 0.3) is 0 Å². The van der Waals surface area contributed by atoms with Crippen LogP contribution in [0, 0.1) is 0 Å². The van der Waals surface area contributed by atoms with Crippen LogP contribution in [0.3, 0.4) is 0 Å². The third-order valence-electron chi connectivity index (χ3n) is 2.53. The van der Waals surface area contributed by atoms with Gasteiger partial charge in [0.15, 0.2) is 0 Å². The van der Waals surface area contributed by atoms with Crippen molar-refractivity contribution in [2.45, 2.75) is 0 Å². The number of carbonyl (C=O) groups excluding carboxylic acids is 1. The lowest BCUT2D eigenvalue weighted by Crippen LogP contribution is -2.26. The maximum absolute atomic E-state index is 12.2. The van der Waals surface area contributed by atoms with Crippen molar-refractivity contribution < 1.29 is 4.79 Å². The Kier molecular flexibility index (Phi) is 3.48. The van der Waals surface area contributed by atoms with Crippen LogP contribution in [0.4, 0.5) is 11.5 Å². The molecule has 0 atom stereocenters. The average molecular weight is 262 g/mol. The van der Waals surface area contributed by atoms with Gasteiger partial charge in [-0.25, -0.2) is 4.98 Å². The van der Waals surface area contributed by atoms with Gasteiger partial charge in [0.05, 0.1) is 11.9 Å². The highest BCUT2D eigenvalue weighted by molar-refractivity contribution is 6.31. The van der Waals surface area contributed by atoms with Gasteiger partial charge in [0.25, 0.3) is 5.91 Å². The molecule has 92 valence electrons. The summed E-state index contributed by atoms with van der Waals surface area (Å²) in [6.45, 7) is 0. The number of carbonyl (C=O) groups is 1. The van der Waals surface area contributed by atoms with Gasteiger partial charge < -0.3 is 10.6 Å². The molecular weight excluding hydrogens is 250 g/mol. The normalized spacial score (nSPS) is 10.1. The number of anilines is 2. The van der Waals surface area contributed by atoms with Crippen LogP contribution in [0.1, 0.15) is 10.4 Å². The van der Waals surface area contributed by atoms with Gasteiger partial charge in [0.1, 0.15) is 5.82 Å². The van der Waals surface area contributed by atoms with Crippen LogP contribution >= 0.6 is 11.6 Å². The second kappa shape index (κ2) is 5.06. The van der Waals surface area contributed by atoms with Crippen molar-refractivity contribution >= 4 is 29.0 Å². The van der Waals surface area contributed by atoms with Crippen molar-refractivity contribution in [2.24, 2.45) is 0 Å². The number of amides is 1. The molecule has 0 fully saturated rings. The molecule has 5 heteroatoms. The summed E-state index contributed by atoms with van der Waals surface area (Å²) in [4.78, 5) is 17.6. The Hall–Kier alpha value is -2.07. The third kappa shape index (κ3) is 2.60. The first-order chi connectivity index (χ1) is 8.58. The van der Waals surface area contributed by atoms with Crippen molar-refractivity contribution in [2.75, 3.05) is 17.7 Å². The number of nitrogens with two attached hydrogens (primary N) is 1. The van der Waals surface area contributed by atoms with Crippen LogP contribution in [0.15, 0.2) is 42.6 Å². The molecule has 18 heavy (non-hydrogen) atoms. The zero-order valence-corrected chi connectivity index (χ0v) is 10.6. The first kappa shape index (κ1) is 12.4. The summed E-state index contributed by atoms with van der Waals surface area (Å²) in [5, 5.41) is 0.532. The van der Waals surface area contributed by atoms with Crippen molar-refractivity contribution in [3.8, 4) is 0 Å². The maximum Gasteiger partial charge on any atom is 0.258 e. The first-order valence-electron chi connectivity index (χ1n) is 5.33.